The van der Waals surface area contributed by atoms with Crippen molar-refractivity contribution in [1.29, 1.82) is 0 Å². The van der Waals surface area contributed by atoms with E-state index < -0.39 is 43.8 Å². The average Bonchev–Trinajstić information content (AvgIpc) is 2.90. The van der Waals surface area contributed by atoms with Crippen molar-refractivity contribution in [1.82, 2.24) is 5.32 Å². The monoisotopic (exact) mass is 491 g/mol. The maximum Gasteiger partial charge on any atom is 0.349 e. The number of carbonyl (C=O) groups excluding carboxylic acids is 1. The van der Waals surface area contributed by atoms with E-state index in [0.717, 1.165) is 6.92 Å². The van der Waals surface area contributed by atoms with Crippen molar-refractivity contribution in [2.45, 2.75) is 24.9 Å². The second-order valence-corrected chi connectivity index (χ2v) is 8.63. The number of alkyl halides is 4. The molecule has 150 valence electrons. The van der Waals surface area contributed by atoms with Gasteiger partial charge in [-0.3, -0.25) is 4.79 Å². The fourth-order valence-corrected chi connectivity index (χ4v) is 4.93. The van der Waals surface area contributed by atoms with Gasteiger partial charge in [-0.25, -0.2) is 8.78 Å². The van der Waals surface area contributed by atoms with Crippen molar-refractivity contribution in [3.63, 3.8) is 0 Å². The minimum absolute atomic E-state index is 0.0247. The SMILES string of the molecule is CNC(=O)c1cc(OCCC(C)(F)F)c2sc(C(F)(F)P(O)O)c(Br)c2c1. The van der Waals surface area contributed by atoms with Gasteiger partial charge in [0.2, 0.25) is 14.3 Å². The molecule has 1 aromatic heterocycles. The number of benzene rings is 1. The second kappa shape index (κ2) is 8.16. The van der Waals surface area contributed by atoms with Crippen LogP contribution in [0.15, 0.2) is 16.6 Å². The Balaban J connectivity index is 2.59. The number of halogens is 5. The molecule has 0 aliphatic heterocycles. The van der Waals surface area contributed by atoms with Gasteiger partial charge in [-0.15, -0.1) is 11.3 Å². The topological polar surface area (TPSA) is 78.8 Å². The van der Waals surface area contributed by atoms with Crippen LogP contribution >= 0.6 is 35.6 Å². The summed E-state index contributed by atoms with van der Waals surface area (Å²) in [7, 11) is -2.23. The first-order valence-electron chi connectivity index (χ1n) is 7.43. The van der Waals surface area contributed by atoms with Crippen LogP contribution in [0.4, 0.5) is 17.6 Å². The van der Waals surface area contributed by atoms with Crippen LogP contribution < -0.4 is 10.1 Å². The molecule has 2 rings (SSSR count). The van der Waals surface area contributed by atoms with E-state index in [1.165, 1.54) is 19.2 Å². The molecule has 1 amide bonds. The number of rotatable bonds is 7. The summed E-state index contributed by atoms with van der Waals surface area (Å²) in [5.74, 6) is -3.53. The van der Waals surface area contributed by atoms with Gasteiger partial charge in [0.15, 0.2) is 0 Å². The Morgan fingerprint density at radius 1 is 1.33 bits per heavy atom. The quantitative estimate of drug-likeness (QED) is 0.384. The van der Waals surface area contributed by atoms with E-state index in [0.29, 0.717) is 11.3 Å². The van der Waals surface area contributed by atoms with Crippen molar-refractivity contribution >= 4 is 51.6 Å². The van der Waals surface area contributed by atoms with Crippen LogP contribution in [0.3, 0.4) is 0 Å². The van der Waals surface area contributed by atoms with Crippen LogP contribution in [-0.2, 0) is 5.66 Å². The predicted octanol–water partition coefficient (Wildman–Crippen LogP) is 4.79. The molecule has 1 aromatic carbocycles. The van der Waals surface area contributed by atoms with E-state index in [-0.39, 0.29) is 25.9 Å². The van der Waals surface area contributed by atoms with Crippen LogP contribution in [0.2, 0.25) is 0 Å². The molecule has 0 unspecified atom stereocenters. The molecule has 27 heavy (non-hydrogen) atoms. The first-order valence-corrected chi connectivity index (χ1v) is 10.3. The molecule has 12 heteroatoms. The smallest absolute Gasteiger partial charge is 0.349 e. The van der Waals surface area contributed by atoms with Gasteiger partial charge >= 0.3 is 5.66 Å². The van der Waals surface area contributed by atoms with E-state index in [2.05, 4.69) is 21.2 Å². The highest BCUT2D eigenvalue weighted by molar-refractivity contribution is 9.10. The number of thiophene rings is 1. The fraction of sp³-hybridized carbons (Fsp3) is 0.400. The molecule has 0 aliphatic carbocycles. The lowest BCUT2D eigenvalue weighted by molar-refractivity contribution is 0.000997. The van der Waals surface area contributed by atoms with E-state index in [1.807, 2.05) is 0 Å². The maximum atomic E-state index is 14.1. The number of nitrogens with one attached hydrogen (secondary N) is 1. The minimum atomic E-state index is -3.92. The zero-order valence-corrected chi connectivity index (χ0v) is 17.3. The number of amides is 1. The number of hydrogen-bond acceptors (Lipinski definition) is 5. The normalized spacial score (nSPS) is 12.7. The summed E-state index contributed by atoms with van der Waals surface area (Å²) in [6, 6.07) is 2.59. The summed E-state index contributed by atoms with van der Waals surface area (Å²) in [6.45, 7) is 0.321. The van der Waals surface area contributed by atoms with Gasteiger partial charge in [0, 0.05) is 28.9 Å². The summed E-state index contributed by atoms with van der Waals surface area (Å²) in [5.41, 5.74) is -3.84. The molecule has 0 fully saturated rings. The molecule has 0 spiro atoms. The molecule has 2 aromatic rings. The number of carbonyl (C=O) groups is 1. The Morgan fingerprint density at radius 2 is 1.96 bits per heavy atom. The predicted molar refractivity (Wildman–Crippen MR) is 98.9 cm³/mol. The van der Waals surface area contributed by atoms with Gasteiger partial charge in [0.25, 0.3) is 5.91 Å². The Morgan fingerprint density at radius 3 is 2.48 bits per heavy atom. The fourth-order valence-electron chi connectivity index (χ4n) is 2.15. The molecule has 0 saturated heterocycles. The molecule has 0 saturated carbocycles. The molecular weight excluding hydrogens is 477 g/mol. The minimum Gasteiger partial charge on any atom is -0.492 e. The first kappa shape index (κ1) is 22.3. The lowest BCUT2D eigenvalue weighted by Crippen LogP contribution is -2.18. The van der Waals surface area contributed by atoms with Crippen molar-refractivity contribution < 1.29 is 36.9 Å². The standard InChI is InChI=1S/C15H15BrF4NO4PS/c1-14(17,18)3-4-25-9-6-7(13(22)21-2)5-8-10(16)12(27-11(8)9)15(19,20)26(23)24/h5-6,23-24H,3-4H2,1-2H3,(H,21,22). The van der Waals surface area contributed by atoms with E-state index in [1.54, 1.807) is 0 Å². The third-order valence-corrected chi connectivity index (χ3v) is 6.76. The zero-order chi connectivity index (χ0) is 20.6. The molecular formula is C15H15BrF4NO4PS. The van der Waals surface area contributed by atoms with Crippen molar-refractivity contribution in [2.75, 3.05) is 13.7 Å². The van der Waals surface area contributed by atoms with Gasteiger partial charge in [-0.05, 0) is 35.0 Å². The summed E-state index contributed by atoms with van der Waals surface area (Å²) >= 11 is 3.53. The third-order valence-electron chi connectivity index (χ3n) is 3.51. The highest BCUT2D eigenvalue weighted by atomic mass is 79.9. The summed E-state index contributed by atoms with van der Waals surface area (Å²) < 4.78 is 59.7. The lowest BCUT2D eigenvalue weighted by Gasteiger charge is -2.15. The molecule has 5 nitrogen and oxygen atoms in total. The zero-order valence-electron chi connectivity index (χ0n) is 14.0. The Kier molecular flexibility index (Phi) is 6.74. The van der Waals surface area contributed by atoms with E-state index in [4.69, 9.17) is 14.5 Å². The van der Waals surface area contributed by atoms with Crippen molar-refractivity contribution in [2.24, 2.45) is 0 Å². The van der Waals surface area contributed by atoms with Gasteiger partial charge in [0.05, 0.1) is 16.2 Å². The highest BCUT2D eigenvalue weighted by Crippen LogP contribution is 2.58. The van der Waals surface area contributed by atoms with Crippen LogP contribution in [0.1, 0.15) is 28.6 Å². The van der Waals surface area contributed by atoms with Crippen LogP contribution in [-0.4, -0.2) is 35.3 Å². The van der Waals surface area contributed by atoms with E-state index in [9.17, 15) is 22.4 Å². The van der Waals surface area contributed by atoms with Crippen molar-refractivity contribution in [3.8, 4) is 5.75 Å². The van der Waals surface area contributed by atoms with Crippen LogP contribution in [0.25, 0.3) is 10.1 Å². The van der Waals surface area contributed by atoms with Crippen molar-refractivity contribution in [3.05, 3.63) is 27.0 Å². The van der Waals surface area contributed by atoms with E-state index >= 15 is 0 Å². The number of ether oxygens (including phenoxy) is 1. The summed E-state index contributed by atoms with van der Waals surface area (Å²) in [5, 5.41) is 2.55. The number of hydrogen-bond donors (Lipinski definition) is 3. The average molecular weight is 492 g/mol. The molecule has 0 aliphatic rings. The van der Waals surface area contributed by atoms with Crippen LogP contribution in [0.5, 0.6) is 5.75 Å². The summed E-state index contributed by atoms with van der Waals surface area (Å²) in [4.78, 5) is 29.4. The highest BCUT2D eigenvalue weighted by Gasteiger charge is 2.45. The molecule has 0 bridgehead atoms. The van der Waals surface area contributed by atoms with Crippen LogP contribution in [0, 0.1) is 0 Å². The molecule has 1 heterocycles. The van der Waals surface area contributed by atoms with Gasteiger partial charge < -0.3 is 19.8 Å². The van der Waals surface area contributed by atoms with Gasteiger partial charge in [0.1, 0.15) is 5.75 Å². The third kappa shape index (κ3) is 4.89. The summed E-state index contributed by atoms with van der Waals surface area (Å²) in [6.07, 6.45) is -0.604. The Bertz CT molecular complexity index is 856. The molecule has 0 radical (unpaired) electrons. The van der Waals surface area contributed by atoms with Gasteiger partial charge in [-0.2, -0.15) is 8.78 Å². The molecule has 3 N–H and O–H groups in total. The number of fused-ring (bicyclic) bond motifs is 1. The Hall–Kier alpha value is -1.00. The second-order valence-electron chi connectivity index (χ2n) is 5.67. The maximum absolute atomic E-state index is 14.1. The Labute approximate surface area is 165 Å². The molecule has 0 atom stereocenters. The largest absolute Gasteiger partial charge is 0.492 e. The van der Waals surface area contributed by atoms with Gasteiger partial charge in [-0.1, -0.05) is 0 Å². The lowest BCUT2D eigenvalue weighted by atomic mass is 10.1. The first-order chi connectivity index (χ1) is 12.4.